The van der Waals surface area contributed by atoms with E-state index in [1.165, 1.54) is 5.56 Å². The van der Waals surface area contributed by atoms with E-state index in [2.05, 4.69) is 29.4 Å². The van der Waals surface area contributed by atoms with Crippen molar-refractivity contribution in [2.45, 2.75) is 25.0 Å². The van der Waals surface area contributed by atoms with Crippen LogP contribution in [0.3, 0.4) is 0 Å². The number of amides is 1. The summed E-state index contributed by atoms with van der Waals surface area (Å²) in [5, 5.41) is 4.15. The molecule has 0 bridgehead atoms. The highest BCUT2D eigenvalue weighted by atomic mass is 35.5. The summed E-state index contributed by atoms with van der Waals surface area (Å²) in [6, 6.07) is 16.4. The van der Waals surface area contributed by atoms with Crippen molar-refractivity contribution in [1.29, 1.82) is 0 Å². The topological polar surface area (TPSA) is 44.8 Å². The first-order valence-corrected chi connectivity index (χ1v) is 10.6. The Morgan fingerprint density at radius 3 is 2.62 bits per heavy atom. The minimum atomic E-state index is 0.216. The number of carbonyl (C=O) groups is 1. The molecule has 5 nitrogen and oxygen atoms in total. The monoisotopic (exact) mass is 413 g/mol. The Morgan fingerprint density at radius 2 is 1.90 bits per heavy atom. The fraction of sp³-hybridized carbons (Fsp3) is 0.435. The highest BCUT2D eigenvalue weighted by Gasteiger charge is 2.38. The van der Waals surface area contributed by atoms with Gasteiger partial charge in [-0.3, -0.25) is 4.79 Å². The first kappa shape index (κ1) is 20.2. The van der Waals surface area contributed by atoms with Crippen LogP contribution >= 0.6 is 11.6 Å². The van der Waals surface area contributed by atoms with Gasteiger partial charge >= 0.3 is 0 Å². The molecule has 2 fully saturated rings. The van der Waals surface area contributed by atoms with Gasteiger partial charge < -0.3 is 19.9 Å². The average molecular weight is 414 g/mol. The number of halogens is 1. The summed E-state index contributed by atoms with van der Waals surface area (Å²) in [4.78, 5) is 16.6. The normalized spacial score (nSPS) is 21.8. The lowest BCUT2D eigenvalue weighted by Gasteiger charge is -2.32. The fourth-order valence-corrected chi connectivity index (χ4v) is 3.99. The van der Waals surface area contributed by atoms with Gasteiger partial charge in [0, 0.05) is 43.2 Å². The van der Waals surface area contributed by atoms with Crippen LogP contribution in [0.5, 0.6) is 5.75 Å². The van der Waals surface area contributed by atoms with Crippen LogP contribution in [0.2, 0.25) is 5.02 Å². The molecular formula is C23H28ClN3O2. The lowest BCUT2D eigenvalue weighted by atomic mass is 10.1. The largest absolute Gasteiger partial charge is 0.489 e. The van der Waals surface area contributed by atoms with Gasteiger partial charge in [0.15, 0.2) is 0 Å². The molecule has 2 atom stereocenters. The van der Waals surface area contributed by atoms with Gasteiger partial charge in [0.1, 0.15) is 12.4 Å². The summed E-state index contributed by atoms with van der Waals surface area (Å²) in [5.41, 5.74) is 2.35. The molecule has 29 heavy (non-hydrogen) atoms. The van der Waals surface area contributed by atoms with E-state index in [1.807, 2.05) is 41.3 Å². The number of nitrogens with zero attached hydrogens (tertiary/aromatic N) is 2. The van der Waals surface area contributed by atoms with Crippen LogP contribution in [-0.4, -0.2) is 61.5 Å². The molecule has 2 aliphatic rings. The summed E-state index contributed by atoms with van der Waals surface area (Å²) in [6.45, 7) is 4.53. The van der Waals surface area contributed by atoms with Gasteiger partial charge in [-0.2, -0.15) is 0 Å². The van der Waals surface area contributed by atoms with Crippen LogP contribution < -0.4 is 10.1 Å². The van der Waals surface area contributed by atoms with E-state index in [0.29, 0.717) is 25.1 Å². The van der Waals surface area contributed by atoms with E-state index < -0.39 is 0 Å². The smallest absolute Gasteiger partial charge is 0.236 e. The molecular weight excluding hydrogens is 386 g/mol. The number of benzene rings is 2. The Morgan fingerprint density at radius 1 is 1.14 bits per heavy atom. The second-order valence-corrected chi connectivity index (χ2v) is 8.44. The number of hydrogen-bond donors (Lipinski definition) is 1. The first-order valence-electron chi connectivity index (χ1n) is 10.3. The number of carbonyl (C=O) groups excluding carboxylic acids is 1. The van der Waals surface area contributed by atoms with Gasteiger partial charge in [-0.25, -0.2) is 0 Å². The van der Waals surface area contributed by atoms with Gasteiger partial charge in [-0.1, -0.05) is 35.9 Å². The van der Waals surface area contributed by atoms with Crippen molar-refractivity contribution in [2.75, 3.05) is 39.8 Å². The lowest BCUT2D eigenvalue weighted by molar-refractivity contribution is -0.131. The molecule has 0 unspecified atom stereocenters. The second kappa shape index (κ2) is 9.16. The number of piperazine rings is 1. The second-order valence-electron chi connectivity index (χ2n) is 8.00. The van der Waals surface area contributed by atoms with Gasteiger partial charge in [-0.15, -0.1) is 0 Å². The molecule has 154 valence electrons. The molecule has 0 radical (unpaired) electrons. The molecule has 6 heteroatoms. The minimum Gasteiger partial charge on any atom is -0.489 e. The van der Waals surface area contributed by atoms with Crippen molar-refractivity contribution < 1.29 is 9.53 Å². The van der Waals surface area contributed by atoms with Crippen molar-refractivity contribution >= 4 is 17.5 Å². The lowest BCUT2D eigenvalue weighted by Crippen LogP contribution is -2.49. The maximum Gasteiger partial charge on any atom is 0.236 e. The van der Waals surface area contributed by atoms with Crippen LogP contribution in [0.4, 0.5) is 0 Å². The first-order chi connectivity index (χ1) is 14.1. The van der Waals surface area contributed by atoms with E-state index in [1.54, 1.807) is 0 Å². The molecule has 1 aliphatic carbocycles. The molecule has 1 heterocycles. The van der Waals surface area contributed by atoms with Gasteiger partial charge in [0.2, 0.25) is 5.91 Å². The Labute approximate surface area is 177 Å². The summed E-state index contributed by atoms with van der Waals surface area (Å²) in [5.74, 6) is 1.55. The number of nitrogens with one attached hydrogen (secondary N) is 1. The summed E-state index contributed by atoms with van der Waals surface area (Å²) in [7, 11) is 2.10. The Kier molecular flexibility index (Phi) is 6.38. The Hall–Kier alpha value is -2.08. The van der Waals surface area contributed by atoms with Crippen molar-refractivity contribution in [3.05, 3.63) is 64.7 Å². The Bertz CT molecular complexity index is 834. The molecule has 2 aromatic carbocycles. The Balaban J connectivity index is 1.21. The molecule has 4 rings (SSSR count). The maximum atomic E-state index is 12.4. The highest BCUT2D eigenvalue weighted by molar-refractivity contribution is 6.30. The molecule has 0 spiro atoms. The minimum absolute atomic E-state index is 0.216. The third-order valence-electron chi connectivity index (χ3n) is 5.76. The predicted octanol–water partition coefficient (Wildman–Crippen LogP) is 3.14. The third kappa shape index (κ3) is 5.50. The molecule has 1 N–H and O–H groups in total. The molecule has 1 saturated heterocycles. The maximum absolute atomic E-state index is 12.4. The molecule has 0 aromatic heterocycles. The zero-order valence-electron chi connectivity index (χ0n) is 16.8. The van der Waals surface area contributed by atoms with Crippen molar-refractivity contribution in [2.24, 2.45) is 0 Å². The summed E-state index contributed by atoms with van der Waals surface area (Å²) < 4.78 is 5.85. The fourth-order valence-electron chi connectivity index (χ4n) is 3.78. The van der Waals surface area contributed by atoms with Crippen LogP contribution in [0.15, 0.2) is 48.5 Å². The molecule has 1 amide bonds. The van der Waals surface area contributed by atoms with Crippen molar-refractivity contribution in [3.63, 3.8) is 0 Å². The average Bonchev–Trinajstić information content (AvgIpc) is 3.51. The van der Waals surface area contributed by atoms with Crippen molar-refractivity contribution in [3.8, 4) is 5.75 Å². The van der Waals surface area contributed by atoms with Crippen LogP contribution in [0.25, 0.3) is 0 Å². The predicted molar refractivity (Wildman–Crippen MR) is 115 cm³/mol. The highest BCUT2D eigenvalue weighted by Crippen LogP contribution is 2.41. The standard InChI is InChI=1S/C23H28ClN3O2/c1-26-9-11-27(12-10-26)23(28)15-25-22-14-21(22)18-5-7-20(8-6-18)29-16-17-3-2-4-19(24)13-17/h2-8,13,21-22,25H,9-12,14-16H2,1H3/t21-,22+/m0/s1. The zero-order valence-corrected chi connectivity index (χ0v) is 17.6. The van der Waals surface area contributed by atoms with E-state index in [0.717, 1.165) is 48.9 Å². The van der Waals surface area contributed by atoms with E-state index >= 15 is 0 Å². The number of hydrogen-bond acceptors (Lipinski definition) is 4. The number of rotatable bonds is 7. The summed E-state index contributed by atoms with van der Waals surface area (Å²) >= 11 is 6.01. The van der Waals surface area contributed by atoms with Crippen molar-refractivity contribution in [1.82, 2.24) is 15.1 Å². The van der Waals surface area contributed by atoms with Gasteiger partial charge in [0.05, 0.1) is 6.54 Å². The SMILES string of the molecule is CN1CCN(C(=O)CN[C@@H]2C[C@H]2c2ccc(OCc3cccc(Cl)c3)cc2)CC1. The third-order valence-corrected chi connectivity index (χ3v) is 6.00. The van der Waals surface area contributed by atoms with E-state index in [-0.39, 0.29) is 5.91 Å². The number of likely N-dealkylation sites (N-methyl/N-ethyl adjacent to an activating group) is 1. The quantitative estimate of drug-likeness (QED) is 0.757. The van der Waals surface area contributed by atoms with Crippen LogP contribution in [-0.2, 0) is 11.4 Å². The van der Waals surface area contributed by atoms with Crippen LogP contribution in [0.1, 0.15) is 23.5 Å². The molecule has 1 saturated carbocycles. The zero-order chi connectivity index (χ0) is 20.2. The van der Waals surface area contributed by atoms with E-state index in [9.17, 15) is 4.79 Å². The summed E-state index contributed by atoms with van der Waals surface area (Å²) in [6.07, 6.45) is 1.08. The van der Waals surface area contributed by atoms with Gasteiger partial charge in [-0.05, 0) is 48.9 Å². The molecule has 2 aromatic rings. The number of ether oxygens (including phenoxy) is 1. The van der Waals surface area contributed by atoms with Gasteiger partial charge in [0.25, 0.3) is 0 Å². The van der Waals surface area contributed by atoms with Crippen LogP contribution in [0, 0.1) is 0 Å². The van der Waals surface area contributed by atoms with E-state index in [4.69, 9.17) is 16.3 Å². The molecule has 1 aliphatic heterocycles.